The second kappa shape index (κ2) is 9.06. The summed E-state index contributed by atoms with van der Waals surface area (Å²) in [4.78, 5) is 38.1. The first kappa shape index (κ1) is 21.3. The van der Waals surface area contributed by atoms with Gasteiger partial charge in [0.2, 0.25) is 5.91 Å². The molecule has 1 N–H and O–H groups in total. The third-order valence-electron chi connectivity index (χ3n) is 4.33. The van der Waals surface area contributed by atoms with Crippen LogP contribution in [0.4, 0.5) is 14.9 Å². The van der Waals surface area contributed by atoms with Gasteiger partial charge in [-0.1, -0.05) is 12.1 Å². The van der Waals surface area contributed by atoms with Crippen molar-refractivity contribution in [1.82, 2.24) is 4.90 Å². The number of anilines is 1. The molecule has 9 heteroatoms. The molecule has 1 saturated heterocycles. The van der Waals surface area contributed by atoms with Crippen molar-refractivity contribution in [2.75, 3.05) is 11.9 Å². The Morgan fingerprint density at radius 1 is 1.06 bits per heavy atom. The maximum absolute atomic E-state index is 13.0. The number of hydrogen-bond donors (Lipinski definition) is 1. The van der Waals surface area contributed by atoms with Crippen LogP contribution in [0, 0.1) is 9.39 Å². The molecule has 0 atom stereocenters. The van der Waals surface area contributed by atoms with Crippen LogP contribution < -0.4 is 5.32 Å². The molecule has 3 amide bonds. The highest BCUT2D eigenvalue weighted by Crippen LogP contribution is 2.33. The molecule has 1 aromatic heterocycles. The number of benzene rings is 2. The van der Waals surface area contributed by atoms with Crippen LogP contribution in [0.1, 0.15) is 5.76 Å². The summed E-state index contributed by atoms with van der Waals surface area (Å²) in [7, 11) is 0. The van der Waals surface area contributed by atoms with Gasteiger partial charge in [-0.3, -0.25) is 19.3 Å². The molecule has 0 saturated carbocycles. The van der Waals surface area contributed by atoms with E-state index in [-0.39, 0.29) is 4.91 Å². The summed E-state index contributed by atoms with van der Waals surface area (Å²) in [6, 6.07) is 16.5. The molecule has 31 heavy (non-hydrogen) atoms. The summed E-state index contributed by atoms with van der Waals surface area (Å²) in [5.74, 6) is -0.502. The third kappa shape index (κ3) is 5.05. The van der Waals surface area contributed by atoms with Crippen molar-refractivity contribution in [3.63, 3.8) is 0 Å². The first-order chi connectivity index (χ1) is 14.9. The second-order valence-electron chi connectivity index (χ2n) is 6.53. The van der Waals surface area contributed by atoms with E-state index in [9.17, 15) is 18.8 Å². The van der Waals surface area contributed by atoms with E-state index in [1.165, 1.54) is 30.3 Å². The molecule has 3 aromatic rings. The summed E-state index contributed by atoms with van der Waals surface area (Å²) < 4.78 is 19.8. The number of hydrogen-bond acceptors (Lipinski definition) is 5. The number of carbonyl (C=O) groups excluding carboxylic acids is 3. The van der Waals surface area contributed by atoms with E-state index in [1.54, 1.807) is 12.1 Å². The van der Waals surface area contributed by atoms with Crippen LogP contribution in [0.2, 0.25) is 0 Å². The summed E-state index contributed by atoms with van der Waals surface area (Å²) >= 11 is 2.96. The van der Waals surface area contributed by atoms with Crippen molar-refractivity contribution in [2.45, 2.75) is 0 Å². The predicted molar refractivity (Wildman–Crippen MR) is 125 cm³/mol. The zero-order chi connectivity index (χ0) is 22.0. The third-order valence-corrected chi connectivity index (χ3v) is 5.96. The maximum atomic E-state index is 13.0. The number of nitrogens with one attached hydrogen (secondary N) is 1. The van der Waals surface area contributed by atoms with Crippen molar-refractivity contribution >= 4 is 63.2 Å². The molecule has 2 heterocycles. The van der Waals surface area contributed by atoms with Crippen LogP contribution in [-0.4, -0.2) is 28.5 Å². The number of furan rings is 1. The van der Waals surface area contributed by atoms with Gasteiger partial charge in [0.15, 0.2) is 0 Å². The standard InChI is InChI=1S/C22H14FIN2O4S/c23-14-3-7-16(8-4-14)25-20(27)12-26-21(28)19(31-22(26)29)11-17-9-10-18(30-17)13-1-5-15(24)6-2-13/h1-11H,12H2,(H,25,27)/b19-11-. The average molecular weight is 548 g/mol. The molecule has 0 spiro atoms. The lowest BCUT2D eigenvalue weighted by Crippen LogP contribution is -2.36. The van der Waals surface area contributed by atoms with E-state index in [0.717, 1.165) is 25.8 Å². The van der Waals surface area contributed by atoms with Crippen molar-refractivity contribution in [2.24, 2.45) is 0 Å². The minimum absolute atomic E-state index is 0.170. The smallest absolute Gasteiger partial charge is 0.294 e. The fourth-order valence-corrected chi connectivity index (χ4v) is 4.02. The molecule has 6 nitrogen and oxygen atoms in total. The summed E-state index contributed by atoms with van der Waals surface area (Å²) in [5.41, 5.74) is 1.26. The number of halogens is 2. The van der Waals surface area contributed by atoms with Gasteiger partial charge in [0.1, 0.15) is 23.9 Å². The minimum Gasteiger partial charge on any atom is -0.457 e. The highest BCUT2D eigenvalue weighted by atomic mass is 127. The number of thioether (sulfide) groups is 1. The van der Waals surface area contributed by atoms with Crippen molar-refractivity contribution < 1.29 is 23.2 Å². The van der Waals surface area contributed by atoms with Crippen molar-refractivity contribution in [1.29, 1.82) is 0 Å². The normalized spacial score (nSPS) is 15.0. The molecule has 1 aliphatic heterocycles. The number of amides is 3. The molecule has 1 aliphatic rings. The Morgan fingerprint density at radius 2 is 1.77 bits per heavy atom. The first-order valence-electron chi connectivity index (χ1n) is 9.05. The fraction of sp³-hybridized carbons (Fsp3) is 0.0455. The van der Waals surface area contributed by atoms with Gasteiger partial charge in [-0.2, -0.15) is 0 Å². The minimum atomic E-state index is -0.573. The molecular weight excluding hydrogens is 534 g/mol. The predicted octanol–water partition coefficient (Wildman–Crippen LogP) is 5.37. The number of imide groups is 1. The largest absolute Gasteiger partial charge is 0.457 e. The van der Waals surface area contributed by atoms with Gasteiger partial charge in [0.25, 0.3) is 11.1 Å². The van der Waals surface area contributed by atoms with Crippen LogP contribution in [0.5, 0.6) is 0 Å². The van der Waals surface area contributed by atoms with Crippen molar-refractivity contribution in [3.8, 4) is 11.3 Å². The van der Waals surface area contributed by atoms with E-state index in [2.05, 4.69) is 27.9 Å². The number of nitrogens with zero attached hydrogens (tertiary/aromatic N) is 1. The molecular formula is C22H14FIN2O4S. The number of carbonyl (C=O) groups is 3. The highest BCUT2D eigenvalue weighted by molar-refractivity contribution is 14.1. The topological polar surface area (TPSA) is 79.6 Å². The molecule has 0 radical (unpaired) electrons. The van der Waals surface area contributed by atoms with Crippen LogP contribution in [-0.2, 0) is 9.59 Å². The van der Waals surface area contributed by atoms with Gasteiger partial charge in [0.05, 0.1) is 4.91 Å². The molecule has 0 aliphatic carbocycles. The number of rotatable bonds is 5. The van der Waals surface area contributed by atoms with Gasteiger partial charge in [0, 0.05) is 20.9 Å². The lowest BCUT2D eigenvalue weighted by atomic mass is 10.2. The molecule has 2 aromatic carbocycles. The lowest BCUT2D eigenvalue weighted by Gasteiger charge is -2.12. The Balaban J connectivity index is 1.44. The molecule has 0 bridgehead atoms. The van der Waals surface area contributed by atoms with Gasteiger partial charge in [-0.05, 0) is 82.9 Å². The van der Waals surface area contributed by atoms with Gasteiger partial charge in [-0.25, -0.2) is 4.39 Å². The first-order valence-corrected chi connectivity index (χ1v) is 10.9. The van der Waals surface area contributed by atoms with Crippen LogP contribution >= 0.6 is 34.4 Å². The summed E-state index contributed by atoms with van der Waals surface area (Å²) in [5, 5.41) is 1.98. The second-order valence-corrected chi connectivity index (χ2v) is 8.77. The summed E-state index contributed by atoms with van der Waals surface area (Å²) in [6.45, 7) is -0.439. The average Bonchev–Trinajstić information content (AvgIpc) is 3.31. The monoisotopic (exact) mass is 548 g/mol. The SMILES string of the molecule is O=C(CN1C(=O)S/C(=C\c2ccc(-c3ccc(I)cc3)o2)C1=O)Nc1ccc(F)cc1. The van der Waals surface area contributed by atoms with Crippen LogP contribution in [0.3, 0.4) is 0 Å². The molecule has 4 rings (SSSR count). The van der Waals surface area contributed by atoms with E-state index in [0.29, 0.717) is 17.2 Å². The van der Waals surface area contributed by atoms with E-state index in [1.807, 2.05) is 24.3 Å². The van der Waals surface area contributed by atoms with Crippen LogP contribution in [0.25, 0.3) is 17.4 Å². The maximum Gasteiger partial charge on any atom is 0.294 e. The molecule has 0 unspecified atom stereocenters. The van der Waals surface area contributed by atoms with Gasteiger partial charge >= 0.3 is 0 Å². The van der Waals surface area contributed by atoms with Gasteiger partial charge in [-0.15, -0.1) is 0 Å². The van der Waals surface area contributed by atoms with Crippen molar-refractivity contribution in [3.05, 3.63) is 80.7 Å². The van der Waals surface area contributed by atoms with E-state index < -0.39 is 29.4 Å². The Kier molecular flexibility index (Phi) is 6.23. The highest BCUT2D eigenvalue weighted by Gasteiger charge is 2.36. The quantitative estimate of drug-likeness (QED) is 0.343. The Morgan fingerprint density at radius 3 is 2.48 bits per heavy atom. The van der Waals surface area contributed by atoms with Crippen LogP contribution in [0.15, 0.2) is 70.0 Å². The molecule has 1 fully saturated rings. The van der Waals surface area contributed by atoms with E-state index in [4.69, 9.17) is 4.42 Å². The van der Waals surface area contributed by atoms with Gasteiger partial charge < -0.3 is 9.73 Å². The fourth-order valence-electron chi connectivity index (χ4n) is 2.84. The Hall–Kier alpha value is -2.92. The lowest BCUT2D eigenvalue weighted by molar-refractivity contribution is -0.127. The Bertz CT molecular complexity index is 1190. The molecule has 156 valence electrons. The zero-order valence-corrected chi connectivity index (χ0v) is 18.8. The van der Waals surface area contributed by atoms with E-state index >= 15 is 0 Å². The Labute approximate surface area is 194 Å². The zero-order valence-electron chi connectivity index (χ0n) is 15.8. The summed E-state index contributed by atoms with van der Waals surface area (Å²) in [6.07, 6.45) is 1.49.